The lowest BCUT2D eigenvalue weighted by Crippen LogP contribution is -2.48. The molecule has 4 rings (SSSR count). The number of likely N-dealkylation sites (tertiary alicyclic amines) is 1. The fraction of sp³-hybridized carbons (Fsp3) is 0.526. The van der Waals surface area contributed by atoms with Gasteiger partial charge in [-0.3, -0.25) is 15.1 Å². The van der Waals surface area contributed by atoms with Crippen molar-refractivity contribution in [3.8, 4) is 6.07 Å². The number of aromatic nitrogens is 3. The molecule has 4 heterocycles. The number of amides is 1. The maximum atomic E-state index is 12.4. The normalized spacial score (nSPS) is 20.4. The third-order valence-corrected chi connectivity index (χ3v) is 5.88. The van der Waals surface area contributed by atoms with Crippen molar-refractivity contribution < 1.29 is 9.53 Å². The number of morpholine rings is 1. The summed E-state index contributed by atoms with van der Waals surface area (Å²) in [6.07, 6.45) is 3.82. The summed E-state index contributed by atoms with van der Waals surface area (Å²) in [5.41, 5.74) is 4.16. The van der Waals surface area contributed by atoms with Crippen LogP contribution in [0, 0.1) is 11.3 Å². The zero-order valence-corrected chi connectivity index (χ0v) is 17.4. The van der Waals surface area contributed by atoms with Crippen LogP contribution < -0.4 is 10.7 Å². The van der Waals surface area contributed by atoms with Gasteiger partial charge in [0.1, 0.15) is 5.69 Å². The molecule has 1 amide bonds. The molecule has 0 aromatic carbocycles. The summed E-state index contributed by atoms with van der Waals surface area (Å²) >= 11 is 1.33. The Bertz CT molecular complexity index is 908. The Balaban J connectivity index is 1.37. The summed E-state index contributed by atoms with van der Waals surface area (Å²) in [6, 6.07) is 4.15. The molecule has 158 valence electrons. The topological polar surface area (TPSA) is 119 Å². The molecule has 0 bridgehead atoms. The number of nitriles is 1. The predicted molar refractivity (Wildman–Crippen MR) is 111 cm³/mol. The number of hydrogen-bond acceptors (Lipinski definition) is 10. The summed E-state index contributed by atoms with van der Waals surface area (Å²) in [6.45, 7) is 4.76. The number of nitrogens with one attached hydrogen (secondary N) is 2. The molecule has 0 radical (unpaired) electrons. The van der Waals surface area contributed by atoms with Crippen LogP contribution in [0.25, 0.3) is 0 Å². The first kappa shape index (κ1) is 20.6. The van der Waals surface area contributed by atoms with Gasteiger partial charge in [-0.1, -0.05) is 0 Å². The second-order valence-electron chi connectivity index (χ2n) is 7.24. The quantitative estimate of drug-likeness (QED) is 0.657. The van der Waals surface area contributed by atoms with Crippen LogP contribution in [0.2, 0.25) is 0 Å². The lowest BCUT2D eigenvalue weighted by Gasteiger charge is -2.30. The van der Waals surface area contributed by atoms with Gasteiger partial charge in [-0.05, 0) is 25.5 Å². The smallest absolute Gasteiger partial charge is 0.285 e. The van der Waals surface area contributed by atoms with Gasteiger partial charge < -0.3 is 10.1 Å². The number of thiazole rings is 1. The highest BCUT2D eigenvalue weighted by molar-refractivity contribution is 7.14. The van der Waals surface area contributed by atoms with Crippen molar-refractivity contribution in [2.45, 2.75) is 18.8 Å². The second-order valence-corrected chi connectivity index (χ2v) is 8.10. The summed E-state index contributed by atoms with van der Waals surface area (Å²) in [5.74, 6) is 0.497. The fourth-order valence-corrected chi connectivity index (χ4v) is 4.29. The number of carbonyl (C=O) groups is 1. The minimum atomic E-state index is -0.240. The highest BCUT2D eigenvalue weighted by Crippen LogP contribution is 2.26. The molecule has 0 spiro atoms. The maximum Gasteiger partial charge on any atom is 0.285 e. The van der Waals surface area contributed by atoms with Crippen LogP contribution in [0.5, 0.6) is 0 Å². The van der Waals surface area contributed by atoms with Crippen molar-refractivity contribution in [2.75, 3.05) is 51.3 Å². The highest BCUT2D eigenvalue weighted by atomic mass is 32.1. The molecule has 2 N–H and O–H groups in total. The van der Waals surface area contributed by atoms with E-state index in [-0.39, 0.29) is 11.8 Å². The fourth-order valence-electron chi connectivity index (χ4n) is 3.61. The molecule has 2 aromatic heterocycles. The lowest BCUT2D eigenvalue weighted by atomic mass is 9.94. The standard InChI is InChI=1S/C19H24N8O2S/c20-4-7-26-6-1-2-14(12-26)15-3-5-21-18(22-15)24-19-23-16(13-30-19)17(28)25-27-8-10-29-11-9-27/h3,5,13-14H,1-2,6-12H2,(H,25,28)(H,21,22,23,24)/t14-/m0/s1. The largest absolute Gasteiger partial charge is 0.379 e. The SMILES string of the molecule is N#CCN1CCC[C@H](c2ccnc(Nc3nc(C(=O)NN4CCOCC4)cs3)n2)C1. The Kier molecular flexibility index (Phi) is 6.81. The molecule has 11 heteroatoms. The first-order chi connectivity index (χ1) is 14.7. The molecule has 30 heavy (non-hydrogen) atoms. The molecular weight excluding hydrogens is 404 g/mol. The van der Waals surface area contributed by atoms with E-state index < -0.39 is 0 Å². The average molecular weight is 429 g/mol. The number of anilines is 2. The number of piperidine rings is 1. The van der Waals surface area contributed by atoms with E-state index in [1.54, 1.807) is 11.6 Å². The van der Waals surface area contributed by atoms with E-state index in [0.717, 1.165) is 31.6 Å². The Labute approximate surface area is 178 Å². The molecule has 0 unspecified atom stereocenters. The van der Waals surface area contributed by atoms with Gasteiger partial charge in [0.05, 0.1) is 31.5 Å². The Hall–Kier alpha value is -2.65. The van der Waals surface area contributed by atoms with E-state index >= 15 is 0 Å². The summed E-state index contributed by atoms with van der Waals surface area (Å²) < 4.78 is 5.28. The van der Waals surface area contributed by atoms with Crippen molar-refractivity contribution in [3.63, 3.8) is 0 Å². The minimum absolute atomic E-state index is 0.240. The van der Waals surface area contributed by atoms with Gasteiger partial charge in [-0.25, -0.2) is 20.0 Å². The zero-order chi connectivity index (χ0) is 20.8. The lowest BCUT2D eigenvalue weighted by molar-refractivity contribution is 0.0125. The van der Waals surface area contributed by atoms with Crippen LogP contribution in [0.1, 0.15) is 34.9 Å². The van der Waals surface area contributed by atoms with Gasteiger partial charge in [-0.2, -0.15) is 5.26 Å². The third kappa shape index (κ3) is 5.28. The Morgan fingerprint density at radius 1 is 1.33 bits per heavy atom. The van der Waals surface area contributed by atoms with Crippen molar-refractivity contribution in [1.29, 1.82) is 5.26 Å². The van der Waals surface area contributed by atoms with Gasteiger partial charge in [0.15, 0.2) is 5.13 Å². The number of hydrogen-bond donors (Lipinski definition) is 2. The van der Waals surface area contributed by atoms with Crippen LogP contribution in [-0.4, -0.2) is 76.7 Å². The van der Waals surface area contributed by atoms with Crippen molar-refractivity contribution in [1.82, 2.24) is 30.3 Å². The molecular formula is C19H24N8O2S. The molecule has 2 saturated heterocycles. The molecule has 2 aromatic rings. The monoisotopic (exact) mass is 428 g/mol. The molecule has 10 nitrogen and oxygen atoms in total. The van der Waals surface area contributed by atoms with Crippen molar-refractivity contribution in [2.24, 2.45) is 0 Å². The minimum Gasteiger partial charge on any atom is -0.379 e. The Morgan fingerprint density at radius 3 is 3.03 bits per heavy atom. The highest BCUT2D eigenvalue weighted by Gasteiger charge is 2.23. The zero-order valence-electron chi connectivity index (χ0n) is 16.6. The van der Waals surface area contributed by atoms with Gasteiger partial charge >= 0.3 is 0 Å². The molecule has 2 aliphatic rings. The van der Waals surface area contributed by atoms with E-state index in [1.165, 1.54) is 11.3 Å². The number of ether oxygens (including phenoxy) is 1. The van der Waals surface area contributed by atoms with Gasteiger partial charge in [-0.15, -0.1) is 11.3 Å². The summed E-state index contributed by atoms with van der Waals surface area (Å²) in [7, 11) is 0. The molecule has 1 atom stereocenters. The maximum absolute atomic E-state index is 12.4. The molecule has 2 aliphatic heterocycles. The van der Waals surface area contributed by atoms with Crippen LogP contribution in [0.3, 0.4) is 0 Å². The summed E-state index contributed by atoms with van der Waals surface area (Å²) in [5, 5.41) is 16.2. The third-order valence-electron chi connectivity index (χ3n) is 5.12. The van der Waals surface area contributed by atoms with E-state index in [0.29, 0.717) is 49.6 Å². The van der Waals surface area contributed by atoms with Crippen LogP contribution >= 0.6 is 11.3 Å². The molecule has 0 saturated carbocycles. The van der Waals surface area contributed by atoms with Gasteiger partial charge in [0.2, 0.25) is 5.95 Å². The number of rotatable bonds is 6. The van der Waals surface area contributed by atoms with Crippen LogP contribution in [0.15, 0.2) is 17.6 Å². The van der Waals surface area contributed by atoms with Gasteiger partial charge in [0, 0.05) is 37.1 Å². The van der Waals surface area contributed by atoms with Crippen molar-refractivity contribution in [3.05, 3.63) is 29.0 Å². The van der Waals surface area contributed by atoms with Crippen LogP contribution in [0.4, 0.5) is 11.1 Å². The average Bonchev–Trinajstić information content (AvgIpc) is 3.24. The Morgan fingerprint density at radius 2 is 2.20 bits per heavy atom. The second kappa shape index (κ2) is 9.90. The number of carbonyl (C=O) groups excluding carboxylic acids is 1. The van der Waals surface area contributed by atoms with E-state index in [2.05, 4.69) is 36.7 Å². The van der Waals surface area contributed by atoms with Crippen molar-refractivity contribution >= 4 is 28.3 Å². The van der Waals surface area contributed by atoms with Crippen LogP contribution in [-0.2, 0) is 4.74 Å². The van der Waals surface area contributed by atoms with Gasteiger partial charge in [0.25, 0.3) is 5.91 Å². The first-order valence-electron chi connectivity index (χ1n) is 10.00. The predicted octanol–water partition coefficient (Wildman–Crippen LogP) is 1.36. The molecule has 2 fully saturated rings. The summed E-state index contributed by atoms with van der Waals surface area (Å²) in [4.78, 5) is 27.8. The van der Waals surface area contributed by atoms with E-state index in [9.17, 15) is 4.79 Å². The number of hydrazine groups is 1. The number of nitrogens with zero attached hydrogens (tertiary/aromatic N) is 6. The van der Waals surface area contributed by atoms with E-state index in [1.807, 2.05) is 11.1 Å². The van der Waals surface area contributed by atoms with E-state index in [4.69, 9.17) is 10.00 Å². The first-order valence-corrected chi connectivity index (χ1v) is 10.9. The molecule has 0 aliphatic carbocycles.